The molecule has 0 heterocycles. The molecule has 0 radical (unpaired) electrons. The van der Waals surface area contributed by atoms with Gasteiger partial charge in [0.1, 0.15) is 6.61 Å². The highest BCUT2D eigenvalue weighted by Gasteiger charge is 2.09. The van der Waals surface area contributed by atoms with Gasteiger partial charge in [-0.15, -0.1) is 0 Å². The lowest BCUT2D eigenvalue weighted by atomic mass is 10.0. The fourth-order valence-electron chi connectivity index (χ4n) is 3.38. The van der Waals surface area contributed by atoms with Crippen LogP contribution < -0.4 is 14.9 Å². The number of rotatable bonds is 8. The summed E-state index contributed by atoms with van der Waals surface area (Å²) in [6.45, 7) is 2.86. The number of ether oxygens (including phenoxy) is 2. The molecule has 0 spiro atoms. The van der Waals surface area contributed by atoms with Crippen LogP contribution in [-0.4, -0.2) is 18.7 Å². The van der Waals surface area contributed by atoms with Crippen molar-refractivity contribution in [2.45, 2.75) is 13.5 Å². The van der Waals surface area contributed by atoms with Crippen LogP contribution in [0, 0.1) is 0 Å². The van der Waals surface area contributed by atoms with Gasteiger partial charge >= 0.3 is 0 Å². The molecule has 0 aliphatic heterocycles. The maximum absolute atomic E-state index is 12.6. The standard InChI is InChI=1S/C27H23BrN2O3/c1-2-32-26-16-20(12-15-25(26)33-18-19-10-13-22(28)14-11-19)17-29-30-27(31)24-9-5-7-21-6-3-4-8-23(21)24/h3-17H,2,18H2,1H3,(H,30,31)/b29-17-. The van der Waals surface area contributed by atoms with Crippen LogP contribution in [0.5, 0.6) is 11.5 Å². The molecule has 1 amide bonds. The molecule has 4 rings (SSSR count). The quantitative estimate of drug-likeness (QED) is 0.225. The fraction of sp³-hybridized carbons (Fsp3) is 0.111. The molecule has 6 heteroatoms. The molecule has 0 saturated heterocycles. The van der Waals surface area contributed by atoms with E-state index in [0.717, 1.165) is 26.4 Å². The largest absolute Gasteiger partial charge is 0.490 e. The minimum absolute atomic E-state index is 0.262. The minimum atomic E-state index is -0.262. The summed E-state index contributed by atoms with van der Waals surface area (Å²) >= 11 is 3.44. The second-order valence-electron chi connectivity index (χ2n) is 7.28. The van der Waals surface area contributed by atoms with E-state index >= 15 is 0 Å². The van der Waals surface area contributed by atoms with Gasteiger partial charge in [0.2, 0.25) is 0 Å². The highest BCUT2D eigenvalue weighted by Crippen LogP contribution is 2.29. The van der Waals surface area contributed by atoms with E-state index in [9.17, 15) is 4.79 Å². The first kappa shape index (κ1) is 22.6. The van der Waals surface area contributed by atoms with Crippen LogP contribution in [0.3, 0.4) is 0 Å². The zero-order valence-corrected chi connectivity index (χ0v) is 19.7. The summed E-state index contributed by atoms with van der Waals surface area (Å²) in [5, 5.41) is 6.03. The third-order valence-electron chi connectivity index (χ3n) is 4.99. The molecular formula is C27H23BrN2O3. The molecule has 0 bridgehead atoms. The molecule has 0 atom stereocenters. The summed E-state index contributed by atoms with van der Waals surface area (Å²) in [6.07, 6.45) is 1.59. The van der Waals surface area contributed by atoms with E-state index in [2.05, 4.69) is 26.5 Å². The number of hydrazone groups is 1. The topological polar surface area (TPSA) is 59.9 Å². The Bertz CT molecular complexity index is 1280. The van der Waals surface area contributed by atoms with Crippen LogP contribution in [0.4, 0.5) is 0 Å². The Morgan fingerprint density at radius 2 is 1.73 bits per heavy atom. The van der Waals surface area contributed by atoms with Gasteiger partial charge in [-0.25, -0.2) is 5.43 Å². The number of amides is 1. The zero-order chi connectivity index (χ0) is 23.0. The van der Waals surface area contributed by atoms with E-state index in [1.54, 1.807) is 12.3 Å². The van der Waals surface area contributed by atoms with Gasteiger partial charge in [-0.3, -0.25) is 4.79 Å². The van der Waals surface area contributed by atoms with E-state index in [1.165, 1.54) is 0 Å². The number of hydrogen-bond acceptors (Lipinski definition) is 4. The maximum atomic E-state index is 12.6. The van der Waals surface area contributed by atoms with Crippen molar-refractivity contribution in [2.24, 2.45) is 5.10 Å². The van der Waals surface area contributed by atoms with Crippen LogP contribution in [0.1, 0.15) is 28.4 Å². The lowest BCUT2D eigenvalue weighted by Gasteiger charge is -2.12. The van der Waals surface area contributed by atoms with Gasteiger partial charge in [0.05, 0.1) is 12.8 Å². The first-order chi connectivity index (χ1) is 16.1. The molecule has 0 saturated carbocycles. The van der Waals surface area contributed by atoms with Crippen molar-refractivity contribution in [3.63, 3.8) is 0 Å². The highest BCUT2D eigenvalue weighted by atomic mass is 79.9. The monoisotopic (exact) mass is 502 g/mol. The Morgan fingerprint density at radius 1 is 0.939 bits per heavy atom. The van der Waals surface area contributed by atoms with Gasteiger partial charge < -0.3 is 9.47 Å². The number of halogens is 1. The number of nitrogens with zero attached hydrogens (tertiary/aromatic N) is 1. The first-order valence-corrected chi connectivity index (χ1v) is 11.4. The van der Waals surface area contributed by atoms with Crippen LogP contribution in [0.15, 0.2) is 94.5 Å². The van der Waals surface area contributed by atoms with Crippen molar-refractivity contribution in [1.82, 2.24) is 5.43 Å². The van der Waals surface area contributed by atoms with Crippen LogP contribution in [0.2, 0.25) is 0 Å². The fourth-order valence-corrected chi connectivity index (χ4v) is 3.65. The van der Waals surface area contributed by atoms with Crippen molar-refractivity contribution in [3.05, 3.63) is 106 Å². The maximum Gasteiger partial charge on any atom is 0.271 e. The molecule has 0 aromatic heterocycles. The highest BCUT2D eigenvalue weighted by molar-refractivity contribution is 9.10. The molecule has 33 heavy (non-hydrogen) atoms. The predicted octanol–water partition coefficient (Wildman–Crippen LogP) is 6.34. The Labute approximate surface area is 201 Å². The third kappa shape index (κ3) is 5.79. The average Bonchev–Trinajstić information content (AvgIpc) is 2.84. The Balaban J connectivity index is 1.44. The summed E-state index contributed by atoms with van der Waals surface area (Å²) < 4.78 is 12.7. The van der Waals surface area contributed by atoms with Crippen molar-refractivity contribution in [3.8, 4) is 11.5 Å². The molecule has 166 valence electrons. The summed E-state index contributed by atoms with van der Waals surface area (Å²) in [5.41, 5.74) is 5.03. The second kappa shape index (κ2) is 10.8. The molecule has 0 fully saturated rings. The smallest absolute Gasteiger partial charge is 0.271 e. The van der Waals surface area contributed by atoms with Gasteiger partial charge in [-0.2, -0.15) is 5.10 Å². The van der Waals surface area contributed by atoms with Crippen molar-refractivity contribution in [1.29, 1.82) is 0 Å². The number of benzene rings is 4. The molecule has 5 nitrogen and oxygen atoms in total. The van der Waals surface area contributed by atoms with Crippen molar-refractivity contribution >= 4 is 38.8 Å². The molecule has 0 aliphatic carbocycles. The SMILES string of the molecule is CCOc1cc(/C=N\NC(=O)c2cccc3ccccc23)ccc1OCc1ccc(Br)cc1. The number of nitrogens with one attached hydrogen (secondary N) is 1. The summed E-state index contributed by atoms with van der Waals surface area (Å²) in [7, 11) is 0. The Hall–Kier alpha value is -3.64. The van der Waals surface area contributed by atoms with E-state index in [4.69, 9.17) is 9.47 Å². The van der Waals surface area contributed by atoms with E-state index in [-0.39, 0.29) is 5.91 Å². The van der Waals surface area contributed by atoms with Crippen molar-refractivity contribution in [2.75, 3.05) is 6.61 Å². The van der Waals surface area contributed by atoms with Crippen LogP contribution >= 0.6 is 15.9 Å². The van der Waals surface area contributed by atoms with Gasteiger partial charge in [0, 0.05) is 10.0 Å². The normalized spacial score (nSPS) is 11.0. The van der Waals surface area contributed by atoms with E-state index in [1.807, 2.05) is 85.8 Å². The zero-order valence-electron chi connectivity index (χ0n) is 18.1. The molecular weight excluding hydrogens is 480 g/mol. The van der Waals surface area contributed by atoms with Gasteiger partial charge in [0.15, 0.2) is 11.5 Å². The third-order valence-corrected chi connectivity index (χ3v) is 5.52. The lowest BCUT2D eigenvalue weighted by Crippen LogP contribution is -2.17. The Morgan fingerprint density at radius 3 is 2.55 bits per heavy atom. The lowest BCUT2D eigenvalue weighted by molar-refractivity contribution is 0.0957. The number of carbonyl (C=O) groups excluding carboxylic acids is 1. The van der Waals surface area contributed by atoms with Gasteiger partial charge in [-0.1, -0.05) is 64.5 Å². The van der Waals surface area contributed by atoms with E-state index in [0.29, 0.717) is 30.3 Å². The molecule has 0 unspecified atom stereocenters. The van der Waals surface area contributed by atoms with Gasteiger partial charge in [-0.05, 0) is 65.2 Å². The minimum Gasteiger partial charge on any atom is -0.490 e. The number of fused-ring (bicyclic) bond motifs is 1. The van der Waals surface area contributed by atoms with Crippen LogP contribution in [-0.2, 0) is 6.61 Å². The number of hydrogen-bond donors (Lipinski definition) is 1. The predicted molar refractivity (Wildman–Crippen MR) is 135 cm³/mol. The Kier molecular flexibility index (Phi) is 7.37. The molecule has 4 aromatic carbocycles. The summed E-state index contributed by atoms with van der Waals surface area (Å²) in [5.74, 6) is 1.01. The van der Waals surface area contributed by atoms with Crippen molar-refractivity contribution < 1.29 is 14.3 Å². The summed E-state index contributed by atoms with van der Waals surface area (Å²) in [6, 6.07) is 26.9. The first-order valence-electron chi connectivity index (χ1n) is 10.6. The summed E-state index contributed by atoms with van der Waals surface area (Å²) in [4.78, 5) is 12.6. The van der Waals surface area contributed by atoms with Crippen LogP contribution in [0.25, 0.3) is 10.8 Å². The second-order valence-corrected chi connectivity index (χ2v) is 8.20. The number of carbonyl (C=O) groups is 1. The molecule has 0 aliphatic rings. The molecule has 4 aromatic rings. The average molecular weight is 503 g/mol. The van der Waals surface area contributed by atoms with Gasteiger partial charge in [0.25, 0.3) is 5.91 Å². The van der Waals surface area contributed by atoms with E-state index < -0.39 is 0 Å². The molecule has 1 N–H and O–H groups in total.